The average molecular weight is 832 g/mol. The highest BCUT2D eigenvalue weighted by molar-refractivity contribution is 5.76. The van der Waals surface area contributed by atoms with Crippen molar-refractivity contribution in [2.75, 3.05) is 6.61 Å². The van der Waals surface area contributed by atoms with Crippen molar-refractivity contribution < 1.29 is 20.1 Å². The van der Waals surface area contributed by atoms with Crippen molar-refractivity contribution in [3.05, 3.63) is 24.3 Å². The van der Waals surface area contributed by atoms with E-state index in [0.29, 0.717) is 6.42 Å². The van der Waals surface area contributed by atoms with E-state index in [0.717, 1.165) is 32.1 Å². The van der Waals surface area contributed by atoms with Gasteiger partial charge in [-0.1, -0.05) is 276 Å². The molecule has 0 saturated carbocycles. The summed E-state index contributed by atoms with van der Waals surface area (Å²) in [6.45, 7) is 4.23. The first-order chi connectivity index (χ1) is 29.0. The van der Waals surface area contributed by atoms with Crippen LogP contribution in [-0.4, -0.2) is 46.1 Å². The maximum atomic E-state index is 12.5. The Hall–Kier alpha value is -1.17. The molecule has 0 spiro atoms. The van der Waals surface area contributed by atoms with Gasteiger partial charge in [0.25, 0.3) is 0 Å². The summed E-state index contributed by atoms with van der Waals surface area (Å²) in [5.74, 6) is -0.320. The number of aliphatic hydroxyl groups is 3. The number of aliphatic hydroxyl groups excluding tert-OH is 3. The smallest absolute Gasteiger partial charge is 0.222 e. The summed E-state index contributed by atoms with van der Waals surface area (Å²) in [6, 6.07) is -0.758. The highest BCUT2D eigenvalue weighted by atomic mass is 16.3. The molecule has 4 N–H and O–H groups in total. The maximum absolute atomic E-state index is 12.5. The molecule has 350 valence electrons. The van der Waals surface area contributed by atoms with Gasteiger partial charge in [-0.2, -0.15) is 0 Å². The average Bonchev–Trinajstić information content (AvgIpc) is 3.23. The number of nitrogens with one attached hydrogen (secondary N) is 1. The minimum atomic E-state index is -0.949. The van der Waals surface area contributed by atoms with Crippen molar-refractivity contribution >= 4 is 5.91 Å². The standard InChI is InChI=1S/C54H105NO4/c1-3-5-7-9-11-13-15-17-19-21-22-23-24-25-26-27-28-29-30-31-32-33-35-37-39-41-43-45-47-51(57)49-54(59)55-52(50-56)53(58)48-46-44-42-40-38-36-34-20-18-16-14-12-10-8-6-4-2/h38,40,46,48,51-53,56-58H,3-37,39,41-45,47,49-50H2,1-2H3,(H,55,59)/b40-38+,48-46+. The lowest BCUT2D eigenvalue weighted by Gasteiger charge is -2.21. The molecule has 0 radical (unpaired) electrons. The molecule has 0 rings (SSSR count). The Kier molecular flexibility index (Phi) is 48.5. The maximum Gasteiger partial charge on any atom is 0.222 e. The molecule has 0 saturated heterocycles. The zero-order valence-corrected chi connectivity index (χ0v) is 39.9. The summed E-state index contributed by atoms with van der Waals surface area (Å²) >= 11 is 0. The lowest BCUT2D eigenvalue weighted by atomic mass is 10.0. The van der Waals surface area contributed by atoms with Gasteiger partial charge in [0.15, 0.2) is 0 Å². The van der Waals surface area contributed by atoms with Crippen molar-refractivity contribution in [2.45, 2.75) is 308 Å². The van der Waals surface area contributed by atoms with Crippen molar-refractivity contribution in [1.29, 1.82) is 0 Å². The predicted molar refractivity (Wildman–Crippen MR) is 259 cm³/mol. The minimum Gasteiger partial charge on any atom is -0.394 e. The van der Waals surface area contributed by atoms with E-state index < -0.39 is 18.2 Å². The Bertz CT molecular complexity index is 874. The summed E-state index contributed by atoms with van der Waals surface area (Å²) in [6.07, 6.45) is 62.2. The van der Waals surface area contributed by atoms with Gasteiger partial charge in [0.1, 0.15) is 0 Å². The molecule has 0 aliphatic carbocycles. The van der Waals surface area contributed by atoms with E-state index in [-0.39, 0.29) is 18.9 Å². The molecule has 5 nitrogen and oxygen atoms in total. The van der Waals surface area contributed by atoms with Gasteiger partial charge in [-0.15, -0.1) is 0 Å². The number of carbonyl (C=O) groups excluding carboxylic acids is 1. The SMILES string of the molecule is CCCCCCCCCCCC/C=C/CC/C=C/C(O)C(CO)NC(=O)CC(O)CCCCCCCCCCCCCCCCCCCCCCCCCCCCCC. The second kappa shape index (κ2) is 49.5. The van der Waals surface area contributed by atoms with Crippen LogP contribution in [0.15, 0.2) is 24.3 Å². The fourth-order valence-corrected chi connectivity index (χ4v) is 8.42. The lowest BCUT2D eigenvalue weighted by molar-refractivity contribution is -0.124. The van der Waals surface area contributed by atoms with Crippen LogP contribution in [0.5, 0.6) is 0 Å². The van der Waals surface area contributed by atoms with E-state index in [4.69, 9.17) is 0 Å². The van der Waals surface area contributed by atoms with E-state index in [1.807, 2.05) is 6.08 Å². The highest BCUT2D eigenvalue weighted by Gasteiger charge is 2.20. The van der Waals surface area contributed by atoms with E-state index >= 15 is 0 Å². The monoisotopic (exact) mass is 832 g/mol. The fourth-order valence-electron chi connectivity index (χ4n) is 8.42. The van der Waals surface area contributed by atoms with Crippen LogP contribution >= 0.6 is 0 Å². The molecule has 0 bridgehead atoms. The number of rotatable bonds is 49. The van der Waals surface area contributed by atoms with Crippen molar-refractivity contribution in [2.24, 2.45) is 0 Å². The normalized spacial score (nSPS) is 13.5. The molecule has 0 aromatic heterocycles. The van der Waals surface area contributed by atoms with Crippen molar-refractivity contribution in [1.82, 2.24) is 5.32 Å². The van der Waals surface area contributed by atoms with E-state index in [2.05, 4.69) is 31.3 Å². The Morgan fingerprint density at radius 2 is 0.729 bits per heavy atom. The van der Waals surface area contributed by atoms with Crippen molar-refractivity contribution in [3.8, 4) is 0 Å². The van der Waals surface area contributed by atoms with Gasteiger partial charge in [-0.3, -0.25) is 4.79 Å². The number of amides is 1. The van der Waals surface area contributed by atoms with Crippen LogP contribution in [0, 0.1) is 0 Å². The highest BCUT2D eigenvalue weighted by Crippen LogP contribution is 2.17. The molecule has 3 atom stereocenters. The molecular weight excluding hydrogens is 727 g/mol. The number of hydrogen-bond donors (Lipinski definition) is 4. The Labute approximate surface area is 369 Å². The molecule has 0 aromatic rings. The first kappa shape index (κ1) is 57.8. The van der Waals surface area contributed by atoms with E-state index in [1.165, 1.54) is 231 Å². The molecule has 0 aromatic carbocycles. The quantitative estimate of drug-likeness (QED) is 0.0363. The first-order valence-corrected chi connectivity index (χ1v) is 26.6. The largest absolute Gasteiger partial charge is 0.394 e. The van der Waals surface area contributed by atoms with E-state index in [9.17, 15) is 20.1 Å². The zero-order valence-electron chi connectivity index (χ0n) is 39.9. The van der Waals surface area contributed by atoms with Crippen LogP contribution in [0.25, 0.3) is 0 Å². The molecule has 59 heavy (non-hydrogen) atoms. The van der Waals surface area contributed by atoms with Crippen LogP contribution in [0.4, 0.5) is 0 Å². The third kappa shape index (κ3) is 46.2. The third-order valence-electron chi connectivity index (χ3n) is 12.5. The van der Waals surface area contributed by atoms with Crippen LogP contribution in [-0.2, 0) is 4.79 Å². The first-order valence-electron chi connectivity index (χ1n) is 26.6. The number of allylic oxidation sites excluding steroid dienone is 3. The van der Waals surface area contributed by atoms with Crippen LogP contribution in [0.3, 0.4) is 0 Å². The molecule has 1 amide bonds. The number of hydrogen-bond acceptors (Lipinski definition) is 4. The minimum absolute atomic E-state index is 0.0102. The van der Waals surface area contributed by atoms with Gasteiger partial charge in [0.05, 0.1) is 31.3 Å². The molecule has 5 heteroatoms. The van der Waals surface area contributed by atoms with Crippen LogP contribution < -0.4 is 5.32 Å². The molecule has 0 fully saturated rings. The summed E-state index contributed by atoms with van der Waals surface area (Å²) in [7, 11) is 0. The zero-order chi connectivity index (χ0) is 43.0. The molecular formula is C54H105NO4. The molecule has 0 aliphatic rings. The van der Waals surface area contributed by atoms with Gasteiger partial charge < -0.3 is 20.6 Å². The molecule has 3 unspecified atom stereocenters. The third-order valence-corrected chi connectivity index (χ3v) is 12.5. The summed E-state index contributed by atoms with van der Waals surface area (Å²) in [5, 5.41) is 33.3. The second-order valence-electron chi connectivity index (χ2n) is 18.5. The Morgan fingerprint density at radius 3 is 1.08 bits per heavy atom. The van der Waals surface area contributed by atoms with Gasteiger partial charge in [-0.05, 0) is 32.1 Å². The topological polar surface area (TPSA) is 89.8 Å². The lowest BCUT2D eigenvalue weighted by Crippen LogP contribution is -2.45. The van der Waals surface area contributed by atoms with Gasteiger partial charge in [-0.25, -0.2) is 0 Å². The van der Waals surface area contributed by atoms with Gasteiger partial charge in [0.2, 0.25) is 5.91 Å². The Balaban J connectivity index is 3.54. The van der Waals surface area contributed by atoms with E-state index in [1.54, 1.807) is 6.08 Å². The van der Waals surface area contributed by atoms with Crippen molar-refractivity contribution in [3.63, 3.8) is 0 Å². The van der Waals surface area contributed by atoms with Crippen LogP contribution in [0.1, 0.15) is 290 Å². The number of carbonyl (C=O) groups is 1. The summed E-state index contributed by atoms with van der Waals surface area (Å²) < 4.78 is 0. The van der Waals surface area contributed by atoms with Crippen LogP contribution in [0.2, 0.25) is 0 Å². The fraction of sp³-hybridized carbons (Fsp3) is 0.907. The molecule has 0 heterocycles. The summed E-state index contributed by atoms with van der Waals surface area (Å²) in [5.41, 5.74) is 0. The predicted octanol–water partition coefficient (Wildman–Crippen LogP) is 16.1. The number of unbranched alkanes of at least 4 members (excludes halogenated alkanes) is 38. The van der Waals surface area contributed by atoms with Gasteiger partial charge in [0, 0.05) is 0 Å². The molecule has 0 aliphatic heterocycles. The second-order valence-corrected chi connectivity index (χ2v) is 18.5. The Morgan fingerprint density at radius 1 is 0.424 bits per heavy atom. The summed E-state index contributed by atoms with van der Waals surface area (Å²) in [4.78, 5) is 12.5. The van der Waals surface area contributed by atoms with Gasteiger partial charge >= 0.3 is 0 Å².